The Morgan fingerprint density at radius 2 is 1.89 bits per heavy atom. The first-order chi connectivity index (χ1) is 17.9. The molecule has 1 aromatic carbocycles. The Kier molecular flexibility index (Phi) is 7.33. The van der Waals surface area contributed by atoms with Gasteiger partial charge in [0.25, 0.3) is 0 Å². The van der Waals surface area contributed by atoms with Gasteiger partial charge in [0, 0.05) is 41.4 Å². The fourth-order valence-corrected chi connectivity index (χ4v) is 6.47. The van der Waals surface area contributed by atoms with E-state index in [0.717, 1.165) is 22.6 Å². The number of benzene rings is 1. The first-order valence-corrected chi connectivity index (χ1v) is 13.9. The third-order valence-corrected chi connectivity index (χ3v) is 8.28. The van der Waals surface area contributed by atoms with E-state index in [0.29, 0.717) is 17.6 Å². The summed E-state index contributed by atoms with van der Waals surface area (Å²) in [6, 6.07) is 15.0. The average Bonchev–Trinajstić information content (AvgIpc) is 3.41. The second-order valence-electron chi connectivity index (χ2n) is 10.4. The highest BCUT2D eigenvalue weighted by molar-refractivity contribution is 7.80. The third kappa shape index (κ3) is 4.89. The maximum Gasteiger partial charge on any atom is 0.224 e. The molecule has 2 aromatic heterocycles. The molecular formula is C30H37N5OS. The van der Waals surface area contributed by atoms with Crippen molar-refractivity contribution >= 4 is 34.6 Å². The molecule has 1 saturated carbocycles. The van der Waals surface area contributed by atoms with Crippen LogP contribution in [0.15, 0.2) is 48.7 Å². The number of pyridine rings is 1. The normalized spacial score (nSPS) is 20.2. The van der Waals surface area contributed by atoms with Gasteiger partial charge in [-0.3, -0.25) is 9.78 Å². The molecule has 5 rings (SSSR count). The van der Waals surface area contributed by atoms with Gasteiger partial charge in [-0.05, 0) is 93.4 Å². The Labute approximate surface area is 225 Å². The van der Waals surface area contributed by atoms with Crippen LogP contribution in [-0.4, -0.2) is 20.6 Å². The molecule has 2 atom stereocenters. The number of hydrogen-bond acceptors (Lipinski definition) is 3. The molecule has 3 heterocycles. The van der Waals surface area contributed by atoms with E-state index in [4.69, 9.17) is 17.2 Å². The molecule has 37 heavy (non-hydrogen) atoms. The van der Waals surface area contributed by atoms with Gasteiger partial charge in [-0.2, -0.15) is 0 Å². The van der Waals surface area contributed by atoms with Crippen molar-refractivity contribution in [1.82, 2.24) is 14.9 Å². The fourth-order valence-electron chi connectivity index (χ4n) is 6.13. The first kappa shape index (κ1) is 25.5. The summed E-state index contributed by atoms with van der Waals surface area (Å²) in [7, 11) is 0. The summed E-state index contributed by atoms with van der Waals surface area (Å²) in [4.78, 5) is 19.0. The van der Waals surface area contributed by atoms with Crippen LogP contribution >= 0.6 is 12.2 Å². The van der Waals surface area contributed by atoms with Crippen molar-refractivity contribution in [2.45, 2.75) is 84.3 Å². The summed E-state index contributed by atoms with van der Waals surface area (Å²) in [5.74, 6) is 0.0115. The highest BCUT2D eigenvalue weighted by Gasteiger charge is 2.42. The van der Waals surface area contributed by atoms with Crippen molar-refractivity contribution in [3.05, 3.63) is 76.9 Å². The number of nitrogens with one attached hydrogen (secondary N) is 2. The molecule has 2 aliphatic rings. The van der Waals surface area contributed by atoms with Crippen LogP contribution in [0.4, 0.5) is 11.4 Å². The molecule has 7 heteroatoms. The van der Waals surface area contributed by atoms with Gasteiger partial charge in [0.05, 0.1) is 17.8 Å². The quantitative estimate of drug-likeness (QED) is 0.352. The largest absolute Gasteiger partial charge is 0.351 e. The Bertz CT molecular complexity index is 1290. The summed E-state index contributed by atoms with van der Waals surface area (Å²) < 4.78 is 2.57. The van der Waals surface area contributed by atoms with Crippen molar-refractivity contribution in [2.24, 2.45) is 0 Å². The zero-order valence-corrected chi connectivity index (χ0v) is 23.1. The number of thiocarbonyl (C=S) groups is 1. The maximum atomic E-state index is 12.0. The van der Waals surface area contributed by atoms with Crippen LogP contribution in [0.1, 0.15) is 91.8 Å². The lowest BCUT2D eigenvalue weighted by Gasteiger charge is -2.30. The van der Waals surface area contributed by atoms with Crippen LogP contribution in [0.2, 0.25) is 0 Å². The van der Waals surface area contributed by atoms with E-state index in [-0.39, 0.29) is 18.0 Å². The summed E-state index contributed by atoms with van der Waals surface area (Å²) in [5, 5.41) is 7.29. The standard InChI is InChI=1S/C30H37N5OS/c1-5-27(36)32-25-15-14-23(17-19(25)2)35-29(28(33-30(35)37)26-13-9-10-16-31-26)24-18-20(3)34(21(24)4)22-11-7-6-8-12-22/h9-10,13-18,22,28-29H,5-8,11-12H2,1-4H3,(H,32,36)(H,33,37)/t28-,29+/m1/s1. The number of rotatable bonds is 6. The van der Waals surface area contributed by atoms with E-state index in [1.54, 1.807) is 0 Å². The van der Waals surface area contributed by atoms with Gasteiger partial charge >= 0.3 is 0 Å². The minimum Gasteiger partial charge on any atom is -0.351 e. The van der Waals surface area contributed by atoms with E-state index in [9.17, 15) is 4.79 Å². The number of anilines is 2. The summed E-state index contributed by atoms with van der Waals surface area (Å²) in [6.07, 6.45) is 8.73. The molecule has 6 nitrogen and oxygen atoms in total. The minimum absolute atomic E-state index is 0.0115. The predicted octanol–water partition coefficient (Wildman–Crippen LogP) is 6.84. The van der Waals surface area contributed by atoms with E-state index in [1.165, 1.54) is 49.1 Å². The minimum atomic E-state index is -0.0752. The Balaban J connectivity index is 1.59. The molecule has 0 unspecified atom stereocenters. The van der Waals surface area contributed by atoms with Crippen LogP contribution in [0, 0.1) is 20.8 Å². The van der Waals surface area contributed by atoms with Crippen LogP contribution in [0.3, 0.4) is 0 Å². The number of aryl methyl sites for hydroxylation is 2. The van der Waals surface area contributed by atoms with Crippen molar-refractivity contribution in [2.75, 3.05) is 10.2 Å². The summed E-state index contributed by atoms with van der Waals surface area (Å²) in [6.45, 7) is 8.39. The van der Waals surface area contributed by atoms with E-state index in [2.05, 4.69) is 58.2 Å². The molecule has 1 aliphatic heterocycles. The number of carbonyl (C=O) groups excluding carboxylic acids is 1. The molecule has 1 saturated heterocycles. The zero-order chi connectivity index (χ0) is 26.1. The van der Waals surface area contributed by atoms with Crippen LogP contribution in [-0.2, 0) is 4.79 Å². The van der Waals surface area contributed by atoms with Crippen LogP contribution in [0.5, 0.6) is 0 Å². The highest BCUT2D eigenvalue weighted by Crippen LogP contribution is 2.45. The smallest absolute Gasteiger partial charge is 0.224 e. The molecule has 0 spiro atoms. The highest BCUT2D eigenvalue weighted by atomic mass is 32.1. The lowest BCUT2D eigenvalue weighted by molar-refractivity contribution is -0.115. The molecule has 194 valence electrons. The number of amides is 1. The topological polar surface area (TPSA) is 62.2 Å². The number of nitrogens with zero attached hydrogens (tertiary/aromatic N) is 3. The van der Waals surface area contributed by atoms with E-state index >= 15 is 0 Å². The van der Waals surface area contributed by atoms with Crippen molar-refractivity contribution < 1.29 is 4.79 Å². The number of hydrogen-bond donors (Lipinski definition) is 2. The lowest BCUT2D eigenvalue weighted by Crippen LogP contribution is -2.29. The molecular weight excluding hydrogens is 478 g/mol. The fraction of sp³-hybridized carbons (Fsp3) is 0.433. The van der Waals surface area contributed by atoms with E-state index < -0.39 is 0 Å². The molecule has 3 aromatic rings. The molecule has 0 radical (unpaired) electrons. The summed E-state index contributed by atoms with van der Waals surface area (Å²) >= 11 is 5.96. The van der Waals surface area contributed by atoms with E-state index in [1.807, 2.05) is 38.2 Å². The molecule has 2 N–H and O–H groups in total. The first-order valence-electron chi connectivity index (χ1n) is 13.5. The molecule has 1 aliphatic carbocycles. The van der Waals surface area contributed by atoms with Crippen molar-refractivity contribution in [1.29, 1.82) is 0 Å². The molecule has 1 amide bonds. The van der Waals surface area contributed by atoms with Crippen molar-refractivity contribution in [3.8, 4) is 0 Å². The monoisotopic (exact) mass is 515 g/mol. The van der Waals surface area contributed by atoms with Gasteiger partial charge in [0.1, 0.15) is 0 Å². The zero-order valence-electron chi connectivity index (χ0n) is 22.3. The van der Waals surface area contributed by atoms with Crippen molar-refractivity contribution in [3.63, 3.8) is 0 Å². The van der Waals surface area contributed by atoms with Gasteiger partial charge < -0.3 is 20.1 Å². The Hall–Kier alpha value is -3.19. The van der Waals surface area contributed by atoms with Crippen LogP contribution in [0.25, 0.3) is 0 Å². The number of carbonyl (C=O) groups is 1. The maximum absolute atomic E-state index is 12.0. The second kappa shape index (κ2) is 10.7. The average molecular weight is 516 g/mol. The van der Waals surface area contributed by atoms with Gasteiger partial charge in [0.15, 0.2) is 5.11 Å². The van der Waals surface area contributed by atoms with Gasteiger partial charge in [-0.25, -0.2) is 0 Å². The summed E-state index contributed by atoms with van der Waals surface area (Å²) in [5.41, 5.74) is 7.74. The molecule has 2 fully saturated rings. The third-order valence-electron chi connectivity index (χ3n) is 7.96. The second-order valence-corrected chi connectivity index (χ2v) is 10.8. The van der Waals surface area contributed by atoms with Gasteiger partial charge in [0.2, 0.25) is 5.91 Å². The Morgan fingerprint density at radius 1 is 1.11 bits per heavy atom. The number of aromatic nitrogens is 2. The lowest BCUT2D eigenvalue weighted by atomic mass is 9.94. The SMILES string of the molecule is CCC(=O)Nc1ccc(N2C(=S)N[C@H](c3ccccn3)[C@@H]2c2cc(C)n(C3CCCCC3)c2C)cc1C. The van der Waals surface area contributed by atoms with Gasteiger partial charge in [-0.1, -0.05) is 32.3 Å². The van der Waals surface area contributed by atoms with Gasteiger partial charge in [-0.15, -0.1) is 0 Å². The molecule has 0 bridgehead atoms. The van der Waals surface area contributed by atoms with Crippen LogP contribution < -0.4 is 15.5 Å². The predicted molar refractivity (Wildman–Crippen MR) is 154 cm³/mol. The Morgan fingerprint density at radius 3 is 2.57 bits per heavy atom.